The van der Waals surface area contributed by atoms with Crippen LogP contribution >= 0.6 is 0 Å². The highest BCUT2D eigenvalue weighted by Gasteiger charge is 2.31. The molecule has 0 aromatic carbocycles. The van der Waals surface area contributed by atoms with Crippen LogP contribution in [0.1, 0.15) is 59.2 Å². The lowest BCUT2D eigenvalue weighted by molar-refractivity contribution is 0.160. The standard InChI is InChI=1S/C17H31N3/c1-5-18-15(13-16-19-11-12-20(16)6-2)14-7-9-17(3,4)10-8-14/h11-12,14-15,18H,5-10,13H2,1-4H3. The molecule has 1 aliphatic rings. The van der Waals surface area contributed by atoms with Crippen LogP contribution in [0.2, 0.25) is 0 Å². The zero-order chi connectivity index (χ0) is 14.6. The van der Waals surface area contributed by atoms with Gasteiger partial charge in [0.15, 0.2) is 0 Å². The van der Waals surface area contributed by atoms with Gasteiger partial charge in [-0.05, 0) is 50.5 Å². The highest BCUT2D eigenvalue weighted by Crippen LogP contribution is 2.39. The zero-order valence-corrected chi connectivity index (χ0v) is 13.7. The van der Waals surface area contributed by atoms with E-state index in [4.69, 9.17) is 0 Å². The second-order valence-corrected chi connectivity index (χ2v) is 7.00. The lowest BCUT2D eigenvalue weighted by atomic mass is 9.70. The average Bonchev–Trinajstić information content (AvgIpc) is 2.85. The highest BCUT2D eigenvalue weighted by molar-refractivity contribution is 4.98. The largest absolute Gasteiger partial charge is 0.335 e. The monoisotopic (exact) mass is 277 g/mol. The van der Waals surface area contributed by atoms with Crippen LogP contribution in [0.4, 0.5) is 0 Å². The minimum absolute atomic E-state index is 0.551. The molecular weight excluding hydrogens is 246 g/mol. The van der Waals surface area contributed by atoms with Gasteiger partial charge in [0.05, 0.1) is 0 Å². The molecule has 114 valence electrons. The third-order valence-electron chi connectivity index (χ3n) is 4.96. The molecule has 1 saturated carbocycles. The third kappa shape index (κ3) is 3.85. The Balaban J connectivity index is 2.00. The van der Waals surface area contributed by atoms with Crippen molar-refractivity contribution in [2.75, 3.05) is 6.54 Å². The molecule has 3 nitrogen and oxygen atoms in total. The van der Waals surface area contributed by atoms with Crippen LogP contribution in [0, 0.1) is 11.3 Å². The molecular formula is C17H31N3. The van der Waals surface area contributed by atoms with Gasteiger partial charge in [0, 0.05) is 31.4 Å². The fourth-order valence-electron chi connectivity index (χ4n) is 3.51. The number of aryl methyl sites for hydroxylation is 1. The van der Waals surface area contributed by atoms with Gasteiger partial charge in [0.1, 0.15) is 5.82 Å². The maximum atomic E-state index is 4.56. The van der Waals surface area contributed by atoms with Crippen LogP contribution in [0.25, 0.3) is 0 Å². The fraction of sp³-hybridized carbons (Fsp3) is 0.824. The Morgan fingerprint density at radius 3 is 2.65 bits per heavy atom. The normalized spacial score (nSPS) is 21.0. The minimum atomic E-state index is 0.551. The fourth-order valence-corrected chi connectivity index (χ4v) is 3.51. The van der Waals surface area contributed by atoms with Crippen molar-refractivity contribution in [1.29, 1.82) is 0 Å². The number of nitrogens with one attached hydrogen (secondary N) is 1. The number of likely N-dealkylation sites (N-methyl/N-ethyl adjacent to an activating group) is 1. The first-order valence-corrected chi connectivity index (χ1v) is 8.29. The molecule has 0 aliphatic heterocycles. The van der Waals surface area contributed by atoms with Gasteiger partial charge in [-0.25, -0.2) is 4.98 Å². The first-order chi connectivity index (χ1) is 9.55. The summed E-state index contributed by atoms with van der Waals surface area (Å²) in [5.74, 6) is 2.05. The summed E-state index contributed by atoms with van der Waals surface area (Å²) in [7, 11) is 0. The minimum Gasteiger partial charge on any atom is -0.335 e. The molecule has 1 unspecified atom stereocenters. The summed E-state index contributed by atoms with van der Waals surface area (Å²) in [5, 5.41) is 3.72. The average molecular weight is 277 g/mol. The molecule has 1 N–H and O–H groups in total. The summed E-state index contributed by atoms with van der Waals surface area (Å²) in [5.41, 5.74) is 0.551. The van der Waals surface area contributed by atoms with E-state index >= 15 is 0 Å². The van der Waals surface area contributed by atoms with E-state index in [0.29, 0.717) is 11.5 Å². The van der Waals surface area contributed by atoms with Gasteiger partial charge in [-0.1, -0.05) is 20.8 Å². The van der Waals surface area contributed by atoms with Gasteiger partial charge in [-0.15, -0.1) is 0 Å². The van der Waals surface area contributed by atoms with Crippen LogP contribution in [0.5, 0.6) is 0 Å². The van der Waals surface area contributed by atoms with E-state index in [1.54, 1.807) is 0 Å². The Morgan fingerprint density at radius 1 is 1.35 bits per heavy atom. The molecule has 1 aliphatic carbocycles. The maximum absolute atomic E-state index is 4.56. The molecule has 1 fully saturated rings. The van der Waals surface area contributed by atoms with Crippen molar-refractivity contribution < 1.29 is 0 Å². The Hall–Kier alpha value is -0.830. The Bertz CT molecular complexity index is 398. The molecule has 3 heteroatoms. The van der Waals surface area contributed by atoms with E-state index < -0.39 is 0 Å². The van der Waals surface area contributed by atoms with Gasteiger partial charge >= 0.3 is 0 Å². The molecule has 1 atom stereocenters. The van der Waals surface area contributed by atoms with E-state index in [0.717, 1.165) is 25.4 Å². The van der Waals surface area contributed by atoms with Crippen LogP contribution in [0.3, 0.4) is 0 Å². The summed E-state index contributed by atoms with van der Waals surface area (Å²) >= 11 is 0. The Kier molecular flexibility index (Phi) is 5.25. The maximum Gasteiger partial charge on any atom is 0.110 e. The third-order valence-corrected chi connectivity index (χ3v) is 4.96. The molecule has 1 heterocycles. The summed E-state index contributed by atoms with van der Waals surface area (Å²) in [6.07, 6.45) is 10.5. The highest BCUT2D eigenvalue weighted by atomic mass is 15.1. The van der Waals surface area contributed by atoms with Crippen LogP contribution in [-0.4, -0.2) is 22.1 Å². The van der Waals surface area contributed by atoms with E-state index in [9.17, 15) is 0 Å². The first-order valence-electron chi connectivity index (χ1n) is 8.29. The Labute approximate surface area is 124 Å². The number of hydrogen-bond donors (Lipinski definition) is 1. The number of hydrogen-bond acceptors (Lipinski definition) is 2. The number of rotatable bonds is 6. The van der Waals surface area contributed by atoms with Gasteiger partial charge in [-0.3, -0.25) is 0 Å². The summed E-state index contributed by atoms with van der Waals surface area (Å²) in [6.45, 7) is 11.3. The predicted octanol–water partition coefficient (Wildman–Crippen LogP) is 3.64. The summed E-state index contributed by atoms with van der Waals surface area (Å²) < 4.78 is 2.27. The van der Waals surface area contributed by atoms with Crippen molar-refractivity contribution in [3.63, 3.8) is 0 Å². The SMILES string of the molecule is CCNC(Cc1nccn1CC)C1CCC(C)(C)CC1. The van der Waals surface area contributed by atoms with Gasteiger partial charge < -0.3 is 9.88 Å². The molecule has 2 rings (SSSR count). The molecule has 0 spiro atoms. The molecule has 1 aromatic heterocycles. The summed E-state index contributed by atoms with van der Waals surface area (Å²) in [6, 6.07) is 0.587. The molecule has 0 saturated heterocycles. The second-order valence-electron chi connectivity index (χ2n) is 7.00. The van der Waals surface area contributed by atoms with E-state index in [-0.39, 0.29) is 0 Å². The van der Waals surface area contributed by atoms with Crippen LogP contribution in [0.15, 0.2) is 12.4 Å². The second kappa shape index (κ2) is 6.75. The van der Waals surface area contributed by atoms with Crippen LogP contribution in [-0.2, 0) is 13.0 Å². The van der Waals surface area contributed by atoms with E-state index in [2.05, 4.69) is 48.8 Å². The predicted molar refractivity (Wildman–Crippen MR) is 84.8 cm³/mol. The quantitative estimate of drug-likeness (QED) is 0.860. The number of aromatic nitrogens is 2. The molecule has 0 bridgehead atoms. The van der Waals surface area contributed by atoms with Crippen molar-refractivity contribution in [2.45, 2.75) is 72.4 Å². The number of imidazole rings is 1. The topological polar surface area (TPSA) is 29.9 Å². The molecule has 1 aromatic rings. The first kappa shape index (κ1) is 15.6. The molecule has 20 heavy (non-hydrogen) atoms. The van der Waals surface area contributed by atoms with Crippen molar-refractivity contribution in [2.24, 2.45) is 11.3 Å². The van der Waals surface area contributed by atoms with Crippen molar-refractivity contribution >= 4 is 0 Å². The smallest absolute Gasteiger partial charge is 0.110 e. The molecule has 0 radical (unpaired) electrons. The van der Waals surface area contributed by atoms with Crippen molar-refractivity contribution in [3.8, 4) is 0 Å². The van der Waals surface area contributed by atoms with Crippen LogP contribution < -0.4 is 5.32 Å². The zero-order valence-electron chi connectivity index (χ0n) is 13.7. The lowest BCUT2D eigenvalue weighted by Crippen LogP contribution is -2.41. The molecule has 0 amide bonds. The van der Waals surface area contributed by atoms with Gasteiger partial charge in [-0.2, -0.15) is 0 Å². The van der Waals surface area contributed by atoms with Gasteiger partial charge in [0.2, 0.25) is 0 Å². The van der Waals surface area contributed by atoms with E-state index in [1.165, 1.54) is 31.5 Å². The van der Waals surface area contributed by atoms with Crippen molar-refractivity contribution in [1.82, 2.24) is 14.9 Å². The van der Waals surface area contributed by atoms with Gasteiger partial charge in [0.25, 0.3) is 0 Å². The van der Waals surface area contributed by atoms with E-state index in [1.807, 2.05) is 6.20 Å². The summed E-state index contributed by atoms with van der Waals surface area (Å²) in [4.78, 5) is 4.56. The van der Waals surface area contributed by atoms with Crippen molar-refractivity contribution in [3.05, 3.63) is 18.2 Å². The Morgan fingerprint density at radius 2 is 2.05 bits per heavy atom. The lowest BCUT2D eigenvalue weighted by Gasteiger charge is -2.38. The number of nitrogens with zero attached hydrogens (tertiary/aromatic N) is 2.